The van der Waals surface area contributed by atoms with E-state index in [0.717, 1.165) is 0 Å². The number of rotatable bonds is 2. The molecule has 1 N–H and O–H groups in total. The van der Waals surface area contributed by atoms with E-state index < -0.39 is 0 Å². The van der Waals surface area contributed by atoms with Gasteiger partial charge in [-0.3, -0.25) is 0 Å². The van der Waals surface area contributed by atoms with Gasteiger partial charge in [0.05, 0.1) is 11.0 Å². The number of H-pyrrole nitrogens is 1. The van der Waals surface area contributed by atoms with Crippen LogP contribution in [0.1, 0.15) is 0 Å². The molecule has 8 aromatic rings. The number of hydrogen-bond acceptors (Lipinski definition) is 0. The zero-order chi connectivity index (χ0) is 23.6. The Labute approximate surface area is 208 Å². The van der Waals surface area contributed by atoms with E-state index in [9.17, 15) is 0 Å². The molecule has 168 valence electrons. The smallest absolute Gasteiger partial charge is 0.0547 e. The van der Waals surface area contributed by atoms with Crippen molar-refractivity contribution in [3.05, 3.63) is 127 Å². The van der Waals surface area contributed by atoms with Crippen molar-refractivity contribution < 1.29 is 0 Å². The van der Waals surface area contributed by atoms with Gasteiger partial charge in [-0.05, 0) is 70.4 Å². The summed E-state index contributed by atoms with van der Waals surface area (Å²) in [5.41, 5.74) is 8.49. The fourth-order valence-corrected chi connectivity index (χ4v) is 5.86. The van der Waals surface area contributed by atoms with Crippen LogP contribution in [0.25, 0.3) is 71.2 Å². The van der Waals surface area contributed by atoms with Crippen molar-refractivity contribution in [2.24, 2.45) is 0 Å². The third kappa shape index (κ3) is 2.73. The van der Waals surface area contributed by atoms with E-state index >= 15 is 0 Å². The van der Waals surface area contributed by atoms with Gasteiger partial charge in [0.15, 0.2) is 0 Å². The molecule has 0 radical (unpaired) electrons. The lowest BCUT2D eigenvalue weighted by molar-refractivity contribution is 1.18. The Bertz CT molecular complexity index is 2090. The molecule has 0 amide bonds. The average molecular weight is 459 g/mol. The van der Waals surface area contributed by atoms with Gasteiger partial charge in [0.1, 0.15) is 0 Å². The SMILES string of the molecule is c1ccc(-n2c3ccccc3c3c4ccc(-c5ccc6[nH]c7ccccc7c6c5)cc4ccc32)cc1. The van der Waals surface area contributed by atoms with Crippen LogP contribution in [0.2, 0.25) is 0 Å². The first-order valence-corrected chi connectivity index (χ1v) is 12.4. The third-order valence-corrected chi connectivity index (χ3v) is 7.51. The number of benzene rings is 6. The number of aromatic nitrogens is 2. The Morgan fingerprint density at radius 2 is 1.17 bits per heavy atom. The van der Waals surface area contributed by atoms with Crippen molar-refractivity contribution in [1.82, 2.24) is 9.55 Å². The van der Waals surface area contributed by atoms with Crippen molar-refractivity contribution in [3.63, 3.8) is 0 Å². The van der Waals surface area contributed by atoms with Gasteiger partial charge < -0.3 is 9.55 Å². The zero-order valence-electron chi connectivity index (χ0n) is 19.6. The van der Waals surface area contributed by atoms with Crippen LogP contribution in [-0.2, 0) is 0 Å². The normalized spacial score (nSPS) is 11.9. The molecule has 2 heteroatoms. The fraction of sp³-hybridized carbons (Fsp3) is 0. The van der Waals surface area contributed by atoms with E-state index in [1.54, 1.807) is 0 Å². The van der Waals surface area contributed by atoms with Crippen molar-refractivity contribution >= 4 is 54.4 Å². The molecule has 0 aliphatic carbocycles. The second kappa shape index (κ2) is 7.34. The van der Waals surface area contributed by atoms with Crippen LogP contribution in [0.4, 0.5) is 0 Å². The first-order valence-electron chi connectivity index (χ1n) is 12.4. The minimum Gasteiger partial charge on any atom is -0.355 e. The van der Waals surface area contributed by atoms with Gasteiger partial charge in [-0.15, -0.1) is 0 Å². The highest BCUT2D eigenvalue weighted by Gasteiger charge is 2.15. The third-order valence-electron chi connectivity index (χ3n) is 7.51. The van der Waals surface area contributed by atoms with Crippen LogP contribution < -0.4 is 0 Å². The summed E-state index contributed by atoms with van der Waals surface area (Å²) in [6.07, 6.45) is 0. The summed E-state index contributed by atoms with van der Waals surface area (Å²) in [5.74, 6) is 0. The molecule has 0 saturated carbocycles. The molecule has 0 spiro atoms. The first-order chi connectivity index (χ1) is 17.8. The number of aromatic amines is 1. The number of para-hydroxylation sites is 3. The van der Waals surface area contributed by atoms with Crippen LogP contribution in [0, 0.1) is 0 Å². The lowest BCUT2D eigenvalue weighted by Gasteiger charge is -2.09. The van der Waals surface area contributed by atoms with Crippen LogP contribution in [-0.4, -0.2) is 9.55 Å². The molecule has 2 aromatic heterocycles. The summed E-state index contributed by atoms with van der Waals surface area (Å²) in [6, 6.07) is 46.1. The van der Waals surface area contributed by atoms with E-state index in [1.165, 1.54) is 71.2 Å². The minimum absolute atomic E-state index is 1.18. The second-order valence-corrected chi connectivity index (χ2v) is 9.51. The molecule has 6 aromatic carbocycles. The Balaban J connectivity index is 1.37. The highest BCUT2D eigenvalue weighted by atomic mass is 15.0. The van der Waals surface area contributed by atoms with E-state index in [0.29, 0.717) is 0 Å². The molecule has 2 heterocycles. The number of nitrogens with one attached hydrogen (secondary N) is 1. The predicted octanol–water partition coefficient (Wildman–Crippen LogP) is 9.24. The lowest BCUT2D eigenvalue weighted by Crippen LogP contribution is -1.92. The lowest BCUT2D eigenvalue weighted by atomic mass is 9.97. The van der Waals surface area contributed by atoms with Gasteiger partial charge in [-0.25, -0.2) is 0 Å². The van der Waals surface area contributed by atoms with Gasteiger partial charge in [-0.1, -0.05) is 78.9 Å². The summed E-state index contributed by atoms with van der Waals surface area (Å²) < 4.78 is 2.38. The van der Waals surface area contributed by atoms with Gasteiger partial charge in [0, 0.05) is 38.3 Å². The molecule has 2 nitrogen and oxygen atoms in total. The molecular formula is C34H22N2. The van der Waals surface area contributed by atoms with Gasteiger partial charge >= 0.3 is 0 Å². The van der Waals surface area contributed by atoms with Crippen molar-refractivity contribution in [3.8, 4) is 16.8 Å². The molecule has 36 heavy (non-hydrogen) atoms. The molecular weight excluding hydrogens is 436 g/mol. The van der Waals surface area contributed by atoms with E-state index in [2.05, 4.69) is 137 Å². The highest BCUT2D eigenvalue weighted by Crippen LogP contribution is 2.38. The van der Waals surface area contributed by atoms with E-state index in [1.807, 2.05) is 0 Å². The molecule has 8 rings (SSSR count). The maximum absolute atomic E-state index is 3.54. The first kappa shape index (κ1) is 19.5. The molecule has 0 aliphatic heterocycles. The monoisotopic (exact) mass is 458 g/mol. The zero-order valence-corrected chi connectivity index (χ0v) is 19.6. The minimum atomic E-state index is 1.18. The van der Waals surface area contributed by atoms with E-state index in [-0.39, 0.29) is 0 Å². The summed E-state index contributed by atoms with van der Waals surface area (Å²) in [4.78, 5) is 3.54. The maximum atomic E-state index is 3.54. The Morgan fingerprint density at radius 3 is 2.08 bits per heavy atom. The van der Waals surface area contributed by atoms with Crippen molar-refractivity contribution in [2.75, 3.05) is 0 Å². The highest BCUT2D eigenvalue weighted by molar-refractivity contribution is 6.21. The van der Waals surface area contributed by atoms with Gasteiger partial charge in [-0.2, -0.15) is 0 Å². The molecule has 0 aliphatic rings. The van der Waals surface area contributed by atoms with Crippen LogP contribution >= 0.6 is 0 Å². The summed E-state index contributed by atoms with van der Waals surface area (Å²) in [6.45, 7) is 0. The number of hydrogen-bond donors (Lipinski definition) is 1. The second-order valence-electron chi connectivity index (χ2n) is 9.51. The molecule has 0 atom stereocenters. The fourth-order valence-electron chi connectivity index (χ4n) is 5.86. The maximum Gasteiger partial charge on any atom is 0.0547 e. The van der Waals surface area contributed by atoms with E-state index in [4.69, 9.17) is 0 Å². The van der Waals surface area contributed by atoms with Gasteiger partial charge in [0.25, 0.3) is 0 Å². The summed E-state index contributed by atoms with van der Waals surface area (Å²) in [7, 11) is 0. The quantitative estimate of drug-likeness (QED) is 0.266. The van der Waals surface area contributed by atoms with Crippen LogP contribution in [0.3, 0.4) is 0 Å². The molecule has 0 fully saturated rings. The predicted molar refractivity (Wildman–Crippen MR) is 153 cm³/mol. The van der Waals surface area contributed by atoms with Crippen LogP contribution in [0.5, 0.6) is 0 Å². The van der Waals surface area contributed by atoms with Crippen LogP contribution in [0.15, 0.2) is 127 Å². The topological polar surface area (TPSA) is 20.7 Å². The number of nitrogens with zero attached hydrogens (tertiary/aromatic N) is 1. The largest absolute Gasteiger partial charge is 0.355 e. The molecule has 0 unspecified atom stereocenters. The average Bonchev–Trinajstić information content (AvgIpc) is 3.48. The summed E-state index contributed by atoms with van der Waals surface area (Å²) in [5, 5.41) is 7.68. The Kier molecular flexibility index (Phi) is 3.97. The van der Waals surface area contributed by atoms with Gasteiger partial charge in [0.2, 0.25) is 0 Å². The van der Waals surface area contributed by atoms with Crippen molar-refractivity contribution in [2.45, 2.75) is 0 Å². The molecule has 0 saturated heterocycles. The molecule has 0 bridgehead atoms. The Morgan fingerprint density at radius 1 is 0.444 bits per heavy atom. The number of fused-ring (bicyclic) bond motifs is 8. The van der Waals surface area contributed by atoms with Crippen molar-refractivity contribution in [1.29, 1.82) is 0 Å². The summed E-state index contributed by atoms with van der Waals surface area (Å²) >= 11 is 0. The Hall–Kier alpha value is -4.82. The standard InChI is InChI=1S/C34H22N2/c1-2-8-25(9-3-1)36-32-13-7-5-11-28(32)34-26-17-14-22(20-24(26)16-19-33(34)36)23-15-18-31-29(21-23)27-10-4-6-12-30(27)35-31/h1-21,35H.